The number of amides is 1. The van der Waals surface area contributed by atoms with E-state index in [0.29, 0.717) is 51.9 Å². The highest BCUT2D eigenvalue weighted by Gasteiger charge is 2.40. The van der Waals surface area contributed by atoms with Gasteiger partial charge in [0.05, 0.1) is 11.3 Å². The zero-order valence-electron chi connectivity index (χ0n) is 21.1. The van der Waals surface area contributed by atoms with Crippen molar-refractivity contribution in [2.45, 2.75) is 70.6 Å². The highest BCUT2D eigenvalue weighted by atomic mass is 19.4. The number of anilines is 1. The number of carbonyl (C=O) groups is 1. The van der Waals surface area contributed by atoms with Crippen molar-refractivity contribution in [1.29, 1.82) is 0 Å². The molecule has 3 heterocycles. The summed E-state index contributed by atoms with van der Waals surface area (Å²) >= 11 is 0. The Hall–Kier alpha value is -3.19. The molecule has 1 N–H and O–H groups in total. The maximum atomic E-state index is 13.4. The van der Waals surface area contributed by atoms with Gasteiger partial charge >= 0.3 is 12.4 Å². The Labute approximate surface area is 215 Å². The first-order valence-corrected chi connectivity index (χ1v) is 12.6. The maximum absolute atomic E-state index is 13.4. The van der Waals surface area contributed by atoms with E-state index in [1.54, 1.807) is 9.80 Å². The Morgan fingerprint density at radius 3 is 2.24 bits per heavy atom. The molecule has 0 saturated carbocycles. The van der Waals surface area contributed by atoms with E-state index >= 15 is 0 Å². The van der Waals surface area contributed by atoms with Crippen molar-refractivity contribution in [2.24, 2.45) is 0 Å². The summed E-state index contributed by atoms with van der Waals surface area (Å²) < 4.78 is 78.1. The van der Waals surface area contributed by atoms with Crippen LogP contribution in [0.2, 0.25) is 0 Å². The molecule has 1 amide bonds. The van der Waals surface area contributed by atoms with Gasteiger partial charge in [0.1, 0.15) is 5.56 Å². The Bertz CT molecular complexity index is 1140. The van der Waals surface area contributed by atoms with Crippen LogP contribution in [0.5, 0.6) is 0 Å². The number of alkyl halides is 6. The molecule has 0 bridgehead atoms. The molecule has 1 saturated heterocycles. The second-order valence-corrected chi connectivity index (χ2v) is 8.91. The van der Waals surface area contributed by atoms with Gasteiger partial charge in [-0.1, -0.05) is 13.8 Å². The van der Waals surface area contributed by atoms with Crippen LogP contribution in [0, 0.1) is 0 Å². The lowest BCUT2D eigenvalue weighted by Gasteiger charge is -2.35. The topological polar surface area (TPSA) is 95.1 Å². The lowest BCUT2D eigenvalue weighted by Crippen LogP contribution is -2.49. The number of fused-ring (bicyclic) bond motifs is 1. The number of H-pyrrole nitrogens is 1. The molecule has 0 radical (unpaired) electrons. The Kier molecular flexibility index (Phi) is 9.36. The first-order chi connectivity index (χ1) is 17.9. The van der Waals surface area contributed by atoms with Gasteiger partial charge in [-0.05, 0) is 37.7 Å². The van der Waals surface area contributed by atoms with E-state index < -0.39 is 29.0 Å². The van der Waals surface area contributed by atoms with Crippen LogP contribution in [-0.4, -0.2) is 57.2 Å². The fourth-order valence-corrected chi connectivity index (χ4v) is 4.78. The molecule has 0 aromatic carbocycles. The zero-order chi connectivity index (χ0) is 28.1. The predicted molar refractivity (Wildman–Crippen MR) is 127 cm³/mol. The second-order valence-electron chi connectivity index (χ2n) is 8.91. The van der Waals surface area contributed by atoms with E-state index in [1.807, 2.05) is 18.9 Å². The van der Waals surface area contributed by atoms with Crippen LogP contribution in [0.25, 0.3) is 0 Å². The average Bonchev–Trinajstić information content (AvgIpc) is 2.88. The molecule has 2 aromatic rings. The summed E-state index contributed by atoms with van der Waals surface area (Å²) in [6, 6.07) is 0. The van der Waals surface area contributed by atoms with Crippen LogP contribution in [0.1, 0.15) is 74.3 Å². The van der Waals surface area contributed by atoms with Crippen molar-refractivity contribution in [3.05, 3.63) is 45.1 Å². The van der Waals surface area contributed by atoms with E-state index in [-0.39, 0.29) is 41.9 Å². The summed E-state index contributed by atoms with van der Waals surface area (Å²) in [6.07, 6.45) is -5.42. The third kappa shape index (κ3) is 6.81. The van der Waals surface area contributed by atoms with Crippen molar-refractivity contribution >= 4 is 11.9 Å². The van der Waals surface area contributed by atoms with Gasteiger partial charge in [-0.25, -0.2) is 15.1 Å². The van der Waals surface area contributed by atoms with Crippen LogP contribution in [-0.2, 0) is 23.6 Å². The van der Waals surface area contributed by atoms with Crippen molar-refractivity contribution < 1.29 is 31.1 Å². The monoisotopic (exact) mass is 548 g/mol. The van der Waals surface area contributed by atoms with Gasteiger partial charge in [0.25, 0.3) is 5.56 Å². The lowest BCUT2D eigenvalue weighted by molar-refractivity contribution is -0.140. The summed E-state index contributed by atoms with van der Waals surface area (Å²) in [5, 5.41) is 5.88. The number of nitrogens with one attached hydrogen (secondary N) is 1. The van der Waals surface area contributed by atoms with Gasteiger partial charge in [-0.15, -0.1) is 0 Å². The summed E-state index contributed by atoms with van der Waals surface area (Å²) in [5.41, 5.74) is -3.14. The van der Waals surface area contributed by atoms with Gasteiger partial charge in [0, 0.05) is 50.9 Å². The number of halogens is 6. The number of hydrogen-bond acceptors (Lipinski definition) is 6. The fourth-order valence-electron chi connectivity index (χ4n) is 4.78. The molecular formula is C24H30F6N6O2. The minimum atomic E-state index is -4.76. The summed E-state index contributed by atoms with van der Waals surface area (Å²) in [5.74, 6) is -0.215. The SMILES string of the molecule is CC.O=C(CCCC1CCCc2c1n[nH]c(=O)c2C(F)(F)F)N1CCN(c2ncc(C(F)(F)F)cn2)CC1. The molecule has 2 aliphatic rings. The zero-order valence-corrected chi connectivity index (χ0v) is 21.1. The van der Waals surface area contributed by atoms with Crippen molar-refractivity contribution in [2.75, 3.05) is 31.1 Å². The van der Waals surface area contributed by atoms with Crippen molar-refractivity contribution in [1.82, 2.24) is 25.1 Å². The van der Waals surface area contributed by atoms with Gasteiger partial charge in [-0.2, -0.15) is 31.4 Å². The summed E-state index contributed by atoms with van der Waals surface area (Å²) in [6.45, 7) is 5.44. The van der Waals surface area contributed by atoms with E-state index in [9.17, 15) is 35.9 Å². The van der Waals surface area contributed by atoms with Crippen molar-refractivity contribution in [3.63, 3.8) is 0 Å². The van der Waals surface area contributed by atoms with Crippen molar-refractivity contribution in [3.8, 4) is 0 Å². The molecule has 1 atom stereocenters. The third-order valence-electron chi connectivity index (χ3n) is 6.59. The number of nitrogens with zero attached hydrogens (tertiary/aromatic N) is 5. The van der Waals surface area contributed by atoms with Crippen LogP contribution >= 0.6 is 0 Å². The highest BCUT2D eigenvalue weighted by molar-refractivity contribution is 5.76. The molecule has 1 aliphatic carbocycles. The van der Waals surface area contributed by atoms with E-state index in [1.165, 1.54) is 0 Å². The van der Waals surface area contributed by atoms with E-state index in [0.717, 1.165) is 12.4 Å². The molecular weight excluding hydrogens is 518 g/mol. The molecule has 0 spiro atoms. The smallest absolute Gasteiger partial charge is 0.339 e. The second kappa shape index (κ2) is 12.1. The predicted octanol–water partition coefficient (Wildman–Crippen LogP) is 4.56. The van der Waals surface area contributed by atoms with Gasteiger partial charge in [0.15, 0.2) is 0 Å². The molecule has 2 aromatic heterocycles. The standard InChI is InChI=1S/C22H24F6N6O2.C2H6/c23-21(24,25)14-11-29-20(30-12-14)34-9-7-33(8-10-34)16(35)6-2-4-13-3-1-5-15-17(22(26,27)28)19(36)32-31-18(13)15;1-2/h11-13H,1-10H2,(H,32,36);1-2H3. The highest BCUT2D eigenvalue weighted by Crippen LogP contribution is 2.39. The molecule has 1 aliphatic heterocycles. The lowest BCUT2D eigenvalue weighted by atomic mass is 9.82. The quantitative estimate of drug-likeness (QED) is 0.551. The minimum Gasteiger partial charge on any atom is -0.339 e. The van der Waals surface area contributed by atoms with E-state index in [2.05, 4.69) is 15.1 Å². The largest absolute Gasteiger partial charge is 0.422 e. The van der Waals surface area contributed by atoms with Crippen LogP contribution < -0.4 is 10.5 Å². The summed E-state index contributed by atoms with van der Waals surface area (Å²) in [4.78, 5) is 35.3. The number of piperazine rings is 1. The number of rotatable bonds is 5. The molecule has 38 heavy (non-hydrogen) atoms. The number of hydrogen-bond donors (Lipinski definition) is 1. The molecule has 1 fully saturated rings. The first-order valence-electron chi connectivity index (χ1n) is 12.6. The van der Waals surface area contributed by atoms with Crippen LogP contribution in [0.4, 0.5) is 32.3 Å². The van der Waals surface area contributed by atoms with Gasteiger partial charge < -0.3 is 9.80 Å². The summed E-state index contributed by atoms with van der Waals surface area (Å²) in [7, 11) is 0. The molecule has 210 valence electrons. The molecule has 14 heteroatoms. The average molecular weight is 549 g/mol. The molecule has 8 nitrogen and oxygen atoms in total. The third-order valence-corrected chi connectivity index (χ3v) is 6.59. The van der Waals surface area contributed by atoms with Crippen LogP contribution in [0.15, 0.2) is 17.2 Å². The van der Waals surface area contributed by atoms with Gasteiger partial charge in [0.2, 0.25) is 11.9 Å². The number of carbonyl (C=O) groups excluding carboxylic acids is 1. The fraction of sp³-hybridized carbons (Fsp3) is 0.625. The molecule has 1 unspecified atom stereocenters. The van der Waals surface area contributed by atoms with E-state index in [4.69, 9.17) is 0 Å². The minimum absolute atomic E-state index is 0.0459. The van der Waals surface area contributed by atoms with Gasteiger partial charge in [-0.3, -0.25) is 9.59 Å². The Balaban J connectivity index is 0.00000195. The van der Waals surface area contributed by atoms with Crippen LogP contribution in [0.3, 0.4) is 0 Å². The Morgan fingerprint density at radius 1 is 1.03 bits per heavy atom. The molecule has 4 rings (SSSR count). The first kappa shape index (κ1) is 29.4. The normalized spacial score (nSPS) is 17.9. The Morgan fingerprint density at radius 2 is 1.66 bits per heavy atom. The number of aromatic amines is 1. The number of aromatic nitrogens is 4. The maximum Gasteiger partial charge on any atom is 0.422 e.